The number of azide groups is 2. The second kappa shape index (κ2) is 13.3. The van der Waals surface area contributed by atoms with Crippen LogP contribution in [0, 0.1) is 0 Å². The largest absolute Gasteiger partial charge is 0.380 e. The normalized spacial score (nSPS) is 11.2. The van der Waals surface area contributed by atoms with E-state index >= 15 is 0 Å². The van der Waals surface area contributed by atoms with Gasteiger partial charge >= 0.3 is 0 Å². The Kier molecular flexibility index (Phi) is 11.2. The SMILES string of the molecule is CCOCCN.[N-]=[N+]=Nc1ccc(C=Cc2ccc(N=[N+]=[N-])cc2S(=O)(=O)O)c(S(=O)(=O)O)c1. The van der Waals surface area contributed by atoms with Gasteiger partial charge in [0.25, 0.3) is 20.2 Å². The van der Waals surface area contributed by atoms with Crippen molar-refractivity contribution in [1.82, 2.24) is 0 Å². The molecular formula is C18H21N7O7S2. The summed E-state index contributed by atoms with van der Waals surface area (Å²) in [6, 6.07) is 6.88. The number of nitrogens with two attached hydrogens (primary N) is 1. The summed E-state index contributed by atoms with van der Waals surface area (Å²) >= 11 is 0. The maximum absolute atomic E-state index is 11.6. The van der Waals surface area contributed by atoms with Gasteiger partial charge in [0, 0.05) is 34.3 Å². The highest BCUT2D eigenvalue weighted by Gasteiger charge is 2.17. The van der Waals surface area contributed by atoms with Crippen LogP contribution >= 0.6 is 0 Å². The van der Waals surface area contributed by atoms with Crippen molar-refractivity contribution in [2.75, 3.05) is 19.8 Å². The molecule has 0 saturated carbocycles. The van der Waals surface area contributed by atoms with Gasteiger partial charge in [0.15, 0.2) is 0 Å². The monoisotopic (exact) mass is 511 g/mol. The second-order valence-corrected chi connectivity index (χ2v) is 8.87. The Hall–Kier alpha value is -3.46. The van der Waals surface area contributed by atoms with Crippen molar-refractivity contribution in [3.8, 4) is 0 Å². The predicted molar refractivity (Wildman–Crippen MR) is 125 cm³/mol. The molecule has 0 atom stereocenters. The highest BCUT2D eigenvalue weighted by Crippen LogP contribution is 2.27. The third-order valence-electron chi connectivity index (χ3n) is 3.78. The van der Waals surface area contributed by atoms with E-state index in [0.29, 0.717) is 13.2 Å². The molecular weight excluding hydrogens is 490 g/mol. The van der Waals surface area contributed by atoms with Gasteiger partial charge in [-0.15, -0.1) is 0 Å². The van der Waals surface area contributed by atoms with Crippen molar-refractivity contribution in [2.45, 2.75) is 16.7 Å². The third kappa shape index (κ3) is 9.19. The average Bonchev–Trinajstić information content (AvgIpc) is 2.77. The summed E-state index contributed by atoms with van der Waals surface area (Å²) in [4.78, 5) is 3.88. The number of rotatable bonds is 9. The van der Waals surface area contributed by atoms with Crippen LogP contribution in [0.1, 0.15) is 18.1 Å². The summed E-state index contributed by atoms with van der Waals surface area (Å²) in [6.07, 6.45) is 2.33. The molecule has 0 heterocycles. The molecule has 2 aromatic rings. The molecule has 2 aromatic carbocycles. The van der Waals surface area contributed by atoms with Gasteiger partial charge in [-0.3, -0.25) is 9.11 Å². The third-order valence-corrected chi connectivity index (χ3v) is 5.60. The first-order valence-electron chi connectivity index (χ1n) is 9.27. The summed E-state index contributed by atoms with van der Waals surface area (Å²) in [5, 5.41) is 6.49. The van der Waals surface area contributed by atoms with E-state index in [1.165, 1.54) is 36.4 Å². The smallest absolute Gasteiger partial charge is 0.295 e. The Balaban J connectivity index is 0.000000852. The van der Waals surface area contributed by atoms with E-state index in [-0.39, 0.29) is 22.5 Å². The number of nitrogens with zero attached hydrogens (tertiary/aromatic N) is 6. The highest BCUT2D eigenvalue weighted by atomic mass is 32.2. The maximum Gasteiger partial charge on any atom is 0.295 e. The van der Waals surface area contributed by atoms with Gasteiger partial charge in [-0.1, -0.05) is 46.6 Å². The molecule has 182 valence electrons. The van der Waals surface area contributed by atoms with Crippen molar-refractivity contribution >= 4 is 43.8 Å². The Morgan fingerprint density at radius 1 is 0.912 bits per heavy atom. The number of benzene rings is 2. The molecule has 4 N–H and O–H groups in total. The van der Waals surface area contributed by atoms with Crippen molar-refractivity contribution in [3.05, 3.63) is 68.4 Å². The molecule has 0 amide bonds. The molecule has 0 aliphatic heterocycles. The Labute approximate surface area is 195 Å². The summed E-state index contributed by atoms with van der Waals surface area (Å²) in [7, 11) is -9.38. The standard InChI is InChI=1S/C14H10N6O6S2.C4H11NO/c15-19-17-11-5-3-9(13(7-11)27(21,22)23)1-2-10-4-6-12(18-20-16)8-14(10)28(24,25)26;1-2-6-4-3-5/h1-8H,(H,21,22,23)(H,24,25,26);2-5H2,1H3. The van der Waals surface area contributed by atoms with Crippen LogP contribution in [0.15, 0.2) is 56.4 Å². The Morgan fingerprint density at radius 3 is 1.59 bits per heavy atom. The molecule has 0 aromatic heterocycles. The first-order valence-corrected chi connectivity index (χ1v) is 12.1. The molecule has 0 saturated heterocycles. The van der Waals surface area contributed by atoms with E-state index in [4.69, 9.17) is 21.5 Å². The van der Waals surface area contributed by atoms with Crippen molar-refractivity contribution in [3.63, 3.8) is 0 Å². The van der Waals surface area contributed by atoms with E-state index in [1.807, 2.05) is 6.92 Å². The predicted octanol–water partition coefficient (Wildman–Crippen LogP) is 4.22. The van der Waals surface area contributed by atoms with Gasteiger partial charge in [0.05, 0.1) is 6.61 Å². The van der Waals surface area contributed by atoms with Crippen molar-refractivity contribution < 1.29 is 30.7 Å². The lowest BCUT2D eigenvalue weighted by atomic mass is 10.1. The zero-order chi connectivity index (χ0) is 25.8. The fourth-order valence-electron chi connectivity index (χ4n) is 2.40. The molecule has 16 heteroatoms. The van der Waals surface area contributed by atoms with Gasteiger partial charge in [0.1, 0.15) is 9.79 Å². The lowest BCUT2D eigenvalue weighted by Crippen LogP contribution is -2.07. The molecule has 14 nitrogen and oxygen atoms in total. The number of ether oxygens (including phenoxy) is 1. The molecule has 0 radical (unpaired) electrons. The van der Waals surface area contributed by atoms with Crippen LogP contribution in [0.2, 0.25) is 0 Å². The zero-order valence-electron chi connectivity index (χ0n) is 17.8. The van der Waals surface area contributed by atoms with Crippen molar-refractivity contribution in [1.29, 1.82) is 0 Å². The molecule has 0 unspecified atom stereocenters. The molecule has 0 aliphatic rings. The minimum absolute atomic E-state index is 0.0419. The highest BCUT2D eigenvalue weighted by molar-refractivity contribution is 7.86. The van der Waals surface area contributed by atoms with Crippen LogP contribution in [0.4, 0.5) is 11.4 Å². The first-order chi connectivity index (χ1) is 16.0. The van der Waals surface area contributed by atoms with Gasteiger partial charge in [-0.05, 0) is 41.2 Å². The van der Waals surface area contributed by atoms with Crippen LogP contribution in [0.3, 0.4) is 0 Å². The summed E-state index contributed by atoms with van der Waals surface area (Å²) in [6.45, 7) is 4.05. The van der Waals surface area contributed by atoms with Crippen molar-refractivity contribution in [2.24, 2.45) is 16.0 Å². The van der Waals surface area contributed by atoms with Crippen LogP contribution in [0.25, 0.3) is 33.0 Å². The molecule has 0 spiro atoms. The van der Waals surface area contributed by atoms with Gasteiger partial charge in [0.2, 0.25) is 0 Å². The molecule has 2 rings (SSSR count). The fourth-order valence-corrected chi connectivity index (χ4v) is 3.81. The summed E-state index contributed by atoms with van der Waals surface area (Å²) < 4.78 is 69.9. The lowest BCUT2D eigenvalue weighted by Gasteiger charge is -2.06. The van der Waals surface area contributed by atoms with Gasteiger partial charge < -0.3 is 10.5 Å². The molecule has 34 heavy (non-hydrogen) atoms. The Bertz CT molecular complexity index is 1240. The van der Waals surface area contributed by atoms with Crippen LogP contribution < -0.4 is 5.73 Å². The van der Waals surface area contributed by atoms with E-state index in [0.717, 1.165) is 18.7 Å². The summed E-state index contributed by atoms with van der Waals surface area (Å²) in [5.74, 6) is 0. The van der Waals surface area contributed by atoms with Gasteiger partial charge in [-0.2, -0.15) is 16.8 Å². The topological polar surface area (TPSA) is 242 Å². The van der Waals surface area contributed by atoms with Crippen LogP contribution in [-0.4, -0.2) is 45.7 Å². The zero-order valence-corrected chi connectivity index (χ0v) is 19.4. The first kappa shape index (κ1) is 28.6. The van der Waals surface area contributed by atoms with E-state index in [1.54, 1.807) is 0 Å². The van der Waals surface area contributed by atoms with Crippen LogP contribution in [-0.2, 0) is 25.0 Å². The maximum atomic E-state index is 11.6. The lowest BCUT2D eigenvalue weighted by molar-refractivity contribution is 0.155. The minimum Gasteiger partial charge on any atom is -0.380 e. The second-order valence-electron chi connectivity index (χ2n) is 6.09. The molecule has 0 aliphatic carbocycles. The average molecular weight is 512 g/mol. The quantitative estimate of drug-likeness (QED) is 0.110. The van der Waals surface area contributed by atoms with E-state index in [9.17, 15) is 25.9 Å². The fraction of sp³-hybridized carbons (Fsp3) is 0.222. The Morgan fingerprint density at radius 2 is 1.32 bits per heavy atom. The van der Waals surface area contributed by atoms with Crippen LogP contribution in [0.5, 0.6) is 0 Å². The van der Waals surface area contributed by atoms with E-state index in [2.05, 4.69) is 20.1 Å². The number of hydrogen-bond acceptors (Lipinski definition) is 8. The number of hydrogen-bond donors (Lipinski definition) is 3. The van der Waals surface area contributed by atoms with E-state index < -0.39 is 30.0 Å². The minimum atomic E-state index is -4.69. The molecule has 0 fully saturated rings. The summed E-state index contributed by atoms with van der Waals surface area (Å²) in [5.41, 5.74) is 21.7. The van der Waals surface area contributed by atoms with Gasteiger partial charge in [-0.25, -0.2) is 0 Å². The molecule has 0 bridgehead atoms.